The Morgan fingerprint density at radius 2 is 2.25 bits per heavy atom. The zero-order chi connectivity index (χ0) is 9.78. The molecule has 0 saturated heterocycles. The van der Waals surface area contributed by atoms with Gasteiger partial charge in [0.05, 0.1) is 0 Å². The second kappa shape index (κ2) is 4.35. The van der Waals surface area contributed by atoms with Crippen molar-refractivity contribution < 1.29 is 4.92 Å². The molecule has 12 heavy (non-hydrogen) atoms. The summed E-state index contributed by atoms with van der Waals surface area (Å²) in [4.78, 5) is 18.6. The number of nitrogens with zero attached hydrogens (tertiary/aromatic N) is 2. The Morgan fingerprint density at radius 3 is 2.58 bits per heavy atom. The van der Waals surface area contributed by atoms with E-state index in [1.807, 2.05) is 0 Å². The summed E-state index contributed by atoms with van der Waals surface area (Å²) in [7, 11) is 0. The Kier molecular flexibility index (Phi) is 4.09. The van der Waals surface area contributed by atoms with Crippen molar-refractivity contribution in [2.75, 3.05) is 0 Å². The fraction of sp³-hybridized carbons (Fsp3) is 1.00. The Balaban J connectivity index is 3.83. The molecule has 70 valence electrons. The Hall–Kier alpha value is -0.710. The van der Waals surface area contributed by atoms with Crippen LogP contribution in [0.25, 0.3) is 0 Å². The van der Waals surface area contributed by atoms with Gasteiger partial charge in [0.1, 0.15) is 0 Å². The number of halogens is 1. The second-order valence-electron chi connectivity index (χ2n) is 2.91. The number of nitro groups is 1. The molecule has 0 heterocycles. The van der Waals surface area contributed by atoms with Crippen LogP contribution < -0.4 is 0 Å². The Bertz CT molecular complexity index is 184. The second-order valence-corrected chi connectivity index (χ2v) is 3.72. The first-order chi connectivity index (χ1) is 5.39. The van der Waals surface area contributed by atoms with Crippen LogP contribution in [0, 0.1) is 15.0 Å². The molecule has 0 rings (SSSR count). The summed E-state index contributed by atoms with van der Waals surface area (Å²) in [5.74, 6) is 0. The van der Waals surface area contributed by atoms with Crippen LogP contribution in [0.2, 0.25) is 0 Å². The molecule has 0 aromatic carbocycles. The van der Waals surface area contributed by atoms with E-state index in [9.17, 15) is 15.0 Å². The van der Waals surface area contributed by atoms with Crippen LogP contribution >= 0.6 is 11.6 Å². The predicted molar refractivity (Wildman–Crippen MR) is 45.7 cm³/mol. The Labute approximate surface area is 75.2 Å². The minimum absolute atomic E-state index is 0.222. The van der Waals surface area contributed by atoms with Gasteiger partial charge in [-0.05, 0) is 18.5 Å². The van der Waals surface area contributed by atoms with Crippen LogP contribution in [-0.4, -0.2) is 16.0 Å². The van der Waals surface area contributed by atoms with E-state index >= 15 is 0 Å². The molecule has 0 radical (unpaired) electrons. The van der Waals surface area contributed by atoms with Gasteiger partial charge < -0.3 is 0 Å². The van der Waals surface area contributed by atoms with Crippen molar-refractivity contribution >= 4 is 11.6 Å². The normalized spacial score (nSPS) is 17.9. The molecule has 0 aromatic heterocycles. The van der Waals surface area contributed by atoms with Gasteiger partial charge in [0, 0.05) is 18.3 Å². The first-order valence-corrected chi connectivity index (χ1v) is 3.94. The molecular weight excluding hydrogens is 184 g/mol. The third kappa shape index (κ3) is 4.23. The van der Waals surface area contributed by atoms with Crippen LogP contribution in [0.15, 0.2) is 5.18 Å². The topological polar surface area (TPSA) is 72.6 Å². The molecule has 0 N–H and O–H groups in total. The molecule has 0 saturated carbocycles. The van der Waals surface area contributed by atoms with Crippen LogP contribution in [-0.2, 0) is 0 Å². The maximum absolute atomic E-state index is 10.2. The number of hydrogen-bond acceptors (Lipinski definition) is 4. The lowest BCUT2D eigenvalue weighted by atomic mass is 10.1. The largest absolute Gasteiger partial charge is 0.264 e. The minimum atomic E-state index is -1.20. The molecule has 0 spiro atoms. The van der Waals surface area contributed by atoms with E-state index in [1.165, 1.54) is 13.8 Å². The molecule has 0 amide bonds. The number of alkyl halides is 1. The van der Waals surface area contributed by atoms with E-state index in [0.717, 1.165) is 0 Å². The van der Waals surface area contributed by atoms with Crippen LogP contribution in [0.1, 0.15) is 26.7 Å². The maximum atomic E-state index is 10.2. The molecule has 0 aliphatic heterocycles. The van der Waals surface area contributed by atoms with Gasteiger partial charge >= 0.3 is 0 Å². The highest BCUT2D eigenvalue weighted by Gasteiger charge is 2.25. The van der Waals surface area contributed by atoms with E-state index < -0.39 is 16.0 Å². The lowest BCUT2D eigenvalue weighted by Crippen LogP contribution is -2.20. The molecule has 6 heteroatoms. The fourth-order valence-corrected chi connectivity index (χ4v) is 0.732. The molecule has 2 unspecified atom stereocenters. The van der Waals surface area contributed by atoms with Crippen molar-refractivity contribution in [1.82, 2.24) is 0 Å². The lowest BCUT2D eigenvalue weighted by Gasteiger charge is -2.12. The fourth-order valence-electron chi connectivity index (χ4n) is 0.623. The average Bonchev–Trinajstić information content (AvgIpc) is 2.00. The summed E-state index contributed by atoms with van der Waals surface area (Å²) >= 11 is 5.57. The highest BCUT2D eigenvalue weighted by Crippen LogP contribution is 2.23. The maximum Gasteiger partial charge on any atom is 0.210 e. The Morgan fingerprint density at radius 1 is 1.75 bits per heavy atom. The van der Waals surface area contributed by atoms with Crippen molar-refractivity contribution in [3.8, 4) is 0 Å². The first-order valence-electron chi connectivity index (χ1n) is 3.56. The van der Waals surface area contributed by atoms with Crippen LogP contribution in [0.5, 0.6) is 0 Å². The monoisotopic (exact) mass is 194 g/mol. The zero-order valence-electron chi connectivity index (χ0n) is 6.99. The molecule has 0 aliphatic rings. The minimum Gasteiger partial charge on any atom is -0.264 e. The van der Waals surface area contributed by atoms with Crippen LogP contribution in [0.4, 0.5) is 0 Å². The van der Waals surface area contributed by atoms with Gasteiger partial charge in [-0.3, -0.25) is 10.1 Å². The van der Waals surface area contributed by atoms with E-state index in [4.69, 9.17) is 11.6 Å². The van der Waals surface area contributed by atoms with Gasteiger partial charge in [-0.15, -0.1) is 4.91 Å². The first kappa shape index (κ1) is 11.3. The van der Waals surface area contributed by atoms with Crippen molar-refractivity contribution in [2.45, 2.75) is 37.7 Å². The molecule has 0 bridgehead atoms. The predicted octanol–water partition coefficient (Wildman–Crippen LogP) is 2.15. The highest BCUT2D eigenvalue weighted by atomic mass is 35.5. The third-order valence-corrected chi connectivity index (χ3v) is 1.83. The molecule has 5 nitrogen and oxygen atoms in total. The summed E-state index contributed by atoms with van der Waals surface area (Å²) in [5.41, 5.74) is 0. The van der Waals surface area contributed by atoms with Crippen molar-refractivity contribution in [3.63, 3.8) is 0 Å². The van der Waals surface area contributed by atoms with Crippen LogP contribution in [0.3, 0.4) is 0 Å². The summed E-state index contributed by atoms with van der Waals surface area (Å²) in [5, 5.41) is 12.8. The van der Waals surface area contributed by atoms with Gasteiger partial charge in [-0.1, -0.05) is 11.6 Å². The molecular formula is C6H11ClN2O3. The van der Waals surface area contributed by atoms with Gasteiger partial charge in [-0.2, -0.15) is 0 Å². The smallest absolute Gasteiger partial charge is 0.210 e. The number of nitroso groups, excluding NO2 is 1. The third-order valence-electron chi connectivity index (χ3n) is 1.57. The van der Waals surface area contributed by atoms with Gasteiger partial charge in [-0.25, -0.2) is 0 Å². The van der Waals surface area contributed by atoms with E-state index in [0.29, 0.717) is 0 Å². The molecule has 0 fully saturated rings. The van der Waals surface area contributed by atoms with Gasteiger partial charge in [0.25, 0.3) is 0 Å². The lowest BCUT2D eigenvalue weighted by molar-refractivity contribution is -0.519. The molecule has 2 atom stereocenters. The summed E-state index contributed by atoms with van der Waals surface area (Å²) in [6.45, 7) is 2.91. The highest BCUT2D eigenvalue weighted by molar-refractivity contribution is 6.23. The average molecular weight is 195 g/mol. The van der Waals surface area contributed by atoms with Crippen molar-refractivity contribution in [2.24, 2.45) is 5.18 Å². The summed E-state index contributed by atoms with van der Waals surface area (Å²) in [6, 6.07) is -0.676. The van der Waals surface area contributed by atoms with Gasteiger partial charge in [0.15, 0.2) is 5.00 Å². The van der Waals surface area contributed by atoms with Gasteiger partial charge in [0.2, 0.25) is 6.04 Å². The van der Waals surface area contributed by atoms with Crippen molar-refractivity contribution in [3.05, 3.63) is 15.0 Å². The number of rotatable bonds is 5. The quantitative estimate of drug-likeness (QED) is 0.221. The summed E-state index contributed by atoms with van der Waals surface area (Å²) < 4.78 is 0. The van der Waals surface area contributed by atoms with E-state index in [-0.39, 0.29) is 12.8 Å². The SMILES string of the molecule is CC(CCC(C)(Cl)N=O)[N+](=O)[O-]. The van der Waals surface area contributed by atoms with Crippen molar-refractivity contribution in [1.29, 1.82) is 0 Å². The molecule has 0 aromatic rings. The summed E-state index contributed by atoms with van der Waals surface area (Å²) in [6.07, 6.45) is 0.485. The molecule has 0 aliphatic carbocycles. The van der Waals surface area contributed by atoms with E-state index in [1.54, 1.807) is 0 Å². The zero-order valence-corrected chi connectivity index (χ0v) is 7.74. The number of hydrogen-bond donors (Lipinski definition) is 0. The van der Waals surface area contributed by atoms with E-state index in [2.05, 4.69) is 5.18 Å². The standard InChI is InChI=1S/C6H11ClN2O3/c1-5(9(11)12)3-4-6(2,7)8-10/h5H,3-4H2,1-2H3.